The summed E-state index contributed by atoms with van der Waals surface area (Å²) in [5.41, 5.74) is 0.351. The van der Waals surface area contributed by atoms with E-state index in [0.717, 1.165) is 0 Å². The highest BCUT2D eigenvalue weighted by atomic mass is 32.2. The average Bonchev–Trinajstić information content (AvgIpc) is 3.28. The summed E-state index contributed by atoms with van der Waals surface area (Å²) in [5, 5.41) is 3.75. The molecule has 1 amide bonds. The van der Waals surface area contributed by atoms with E-state index in [-0.39, 0.29) is 40.0 Å². The van der Waals surface area contributed by atoms with Crippen LogP contribution in [0.4, 0.5) is 0 Å². The maximum atomic E-state index is 13.0. The van der Waals surface area contributed by atoms with Crippen molar-refractivity contribution in [2.45, 2.75) is 44.0 Å². The summed E-state index contributed by atoms with van der Waals surface area (Å²) in [6, 6.07) is 0.0695. The van der Waals surface area contributed by atoms with Crippen LogP contribution < -0.4 is 0 Å². The summed E-state index contributed by atoms with van der Waals surface area (Å²) in [5.74, 6) is 0.650. The molecule has 174 valence electrons. The Hall–Kier alpha value is -1.50. The van der Waals surface area contributed by atoms with Gasteiger partial charge in [-0.1, -0.05) is 5.16 Å². The molecular formula is C19H30N4O6S2. The van der Waals surface area contributed by atoms with Crippen molar-refractivity contribution in [3.05, 3.63) is 11.5 Å². The predicted molar refractivity (Wildman–Crippen MR) is 113 cm³/mol. The van der Waals surface area contributed by atoms with Crippen molar-refractivity contribution in [2.75, 3.05) is 50.8 Å². The highest BCUT2D eigenvalue weighted by molar-refractivity contribution is 7.91. The van der Waals surface area contributed by atoms with Crippen molar-refractivity contribution in [2.24, 2.45) is 5.92 Å². The van der Waals surface area contributed by atoms with Gasteiger partial charge in [0.2, 0.25) is 15.9 Å². The largest absolute Gasteiger partial charge is 0.360 e. The monoisotopic (exact) mass is 474 g/mol. The molecule has 1 unspecified atom stereocenters. The van der Waals surface area contributed by atoms with E-state index in [1.54, 1.807) is 13.8 Å². The standard InChI is InChI=1S/C19H30N4O6S2/c1-14-18(15(2)29-20-14)31(27,28)23-6-3-16(4-7-23)19(24)22-10-8-21(9-11-22)17-5-12-30(25,26)13-17/h16-17H,3-13H2,1-2H3. The van der Waals surface area contributed by atoms with E-state index >= 15 is 0 Å². The van der Waals surface area contributed by atoms with Crippen LogP contribution in [-0.4, -0.2) is 98.8 Å². The molecule has 0 spiro atoms. The number of hydrogen-bond donors (Lipinski definition) is 0. The fourth-order valence-corrected chi connectivity index (χ4v) is 8.47. The molecule has 0 aromatic carbocycles. The molecule has 3 fully saturated rings. The number of amides is 1. The minimum atomic E-state index is -3.68. The van der Waals surface area contributed by atoms with Crippen molar-refractivity contribution < 1.29 is 26.2 Å². The Morgan fingerprint density at radius 1 is 1.03 bits per heavy atom. The molecule has 4 rings (SSSR count). The van der Waals surface area contributed by atoms with Gasteiger partial charge in [-0.15, -0.1) is 0 Å². The first-order valence-electron chi connectivity index (χ1n) is 10.7. The number of hydrogen-bond acceptors (Lipinski definition) is 8. The molecule has 12 heteroatoms. The lowest BCUT2D eigenvalue weighted by Crippen LogP contribution is -2.54. The van der Waals surface area contributed by atoms with Gasteiger partial charge in [0.15, 0.2) is 15.6 Å². The van der Waals surface area contributed by atoms with Crippen molar-refractivity contribution in [3.63, 3.8) is 0 Å². The molecule has 1 aromatic rings. The highest BCUT2D eigenvalue weighted by Gasteiger charge is 2.38. The Kier molecular flexibility index (Phi) is 6.18. The lowest BCUT2D eigenvalue weighted by atomic mass is 9.96. The van der Waals surface area contributed by atoms with Crippen LogP contribution in [-0.2, 0) is 24.7 Å². The SMILES string of the molecule is Cc1noc(C)c1S(=O)(=O)N1CCC(C(=O)N2CCN(C3CCS(=O)(=O)C3)CC2)CC1. The normalized spacial score (nSPS) is 26.4. The van der Waals surface area contributed by atoms with Crippen molar-refractivity contribution in [1.82, 2.24) is 19.3 Å². The van der Waals surface area contributed by atoms with E-state index in [1.165, 1.54) is 4.31 Å². The Bertz CT molecular complexity index is 1020. The first kappa shape index (κ1) is 22.7. The number of rotatable bonds is 4. The number of nitrogens with zero attached hydrogens (tertiary/aromatic N) is 4. The molecule has 0 bridgehead atoms. The number of sulfone groups is 1. The number of piperidine rings is 1. The molecule has 1 aromatic heterocycles. The first-order valence-corrected chi connectivity index (χ1v) is 14.0. The lowest BCUT2D eigenvalue weighted by Gasteiger charge is -2.40. The van der Waals surface area contributed by atoms with Crippen LogP contribution in [0, 0.1) is 19.8 Å². The maximum absolute atomic E-state index is 13.0. The molecule has 0 radical (unpaired) electrons. The zero-order chi connectivity index (χ0) is 22.4. The summed E-state index contributed by atoms with van der Waals surface area (Å²) in [7, 11) is -6.60. The fraction of sp³-hybridized carbons (Fsp3) is 0.789. The molecule has 31 heavy (non-hydrogen) atoms. The average molecular weight is 475 g/mol. The van der Waals surface area contributed by atoms with E-state index in [9.17, 15) is 21.6 Å². The molecule has 4 heterocycles. The Balaban J connectivity index is 1.30. The molecule has 3 saturated heterocycles. The number of aryl methyl sites for hydroxylation is 2. The van der Waals surface area contributed by atoms with Gasteiger partial charge in [-0.05, 0) is 33.1 Å². The summed E-state index contributed by atoms with van der Waals surface area (Å²) in [6.45, 7) is 6.34. The second kappa shape index (κ2) is 8.45. The summed E-state index contributed by atoms with van der Waals surface area (Å²) in [6.07, 6.45) is 1.65. The van der Waals surface area contributed by atoms with E-state index in [0.29, 0.717) is 64.2 Å². The summed E-state index contributed by atoms with van der Waals surface area (Å²) < 4.78 is 55.8. The highest BCUT2D eigenvalue weighted by Crippen LogP contribution is 2.29. The number of carbonyl (C=O) groups excluding carboxylic acids is 1. The Morgan fingerprint density at radius 2 is 1.68 bits per heavy atom. The van der Waals surface area contributed by atoms with Gasteiger partial charge >= 0.3 is 0 Å². The van der Waals surface area contributed by atoms with Gasteiger partial charge in [0.25, 0.3) is 0 Å². The van der Waals surface area contributed by atoms with Crippen molar-refractivity contribution >= 4 is 25.8 Å². The van der Waals surface area contributed by atoms with Gasteiger partial charge in [-0.25, -0.2) is 16.8 Å². The smallest absolute Gasteiger partial charge is 0.248 e. The molecule has 0 saturated carbocycles. The minimum Gasteiger partial charge on any atom is -0.360 e. The summed E-state index contributed by atoms with van der Waals surface area (Å²) >= 11 is 0. The van der Waals surface area contributed by atoms with E-state index in [1.807, 2.05) is 4.90 Å². The van der Waals surface area contributed by atoms with Crippen LogP contribution >= 0.6 is 0 Å². The van der Waals surface area contributed by atoms with Gasteiger partial charge in [0, 0.05) is 51.2 Å². The van der Waals surface area contributed by atoms with Gasteiger partial charge in [0.1, 0.15) is 10.6 Å². The second-order valence-electron chi connectivity index (χ2n) is 8.75. The van der Waals surface area contributed by atoms with E-state index in [2.05, 4.69) is 10.1 Å². The van der Waals surface area contributed by atoms with Crippen LogP contribution in [0.1, 0.15) is 30.7 Å². The van der Waals surface area contributed by atoms with Crippen LogP contribution in [0.15, 0.2) is 9.42 Å². The van der Waals surface area contributed by atoms with Crippen molar-refractivity contribution in [3.8, 4) is 0 Å². The van der Waals surface area contributed by atoms with Crippen molar-refractivity contribution in [1.29, 1.82) is 0 Å². The molecule has 3 aliphatic rings. The van der Waals surface area contributed by atoms with Crippen LogP contribution in [0.5, 0.6) is 0 Å². The predicted octanol–water partition coefficient (Wildman–Crippen LogP) is 0.0234. The quantitative estimate of drug-likeness (QED) is 0.599. The zero-order valence-corrected chi connectivity index (χ0v) is 19.6. The van der Waals surface area contributed by atoms with Crippen LogP contribution in [0.25, 0.3) is 0 Å². The van der Waals surface area contributed by atoms with E-state index in [4.69, 9.17) is 4.52 Å². The minimum absolute atomic E-state index is 0.0695. The number of sulfonamides is 1. The zero-order valence-electron chi connectivity index (χ0n) is 18.0. The second-order valence-corrected chi connectivity index (χ2v) is 12.9. The Labute approximate surface area is 183 Å². The number of carbonyl (C=O) groups is 1. The third kappa shape index (κ3) is 4.53. The molecule has 10 nitrogen and oxygen atoms in total. The molecule has 0 aliphatic carbocycles. The summed E-state index contributed by atoms with van der Waals surface area (Å²) in [4.78, 5) is 17.2. The lowest BCUT2D eigenvalue weighted by molar-refractivity contribution is -0.138. The number of piperazine rings is 1. The van der Waals surface area contributed by atoms with Gasteiger partial charge in [-0.2, -0.15) is 4.31 Å². The first-order chi connectivity index (χ1) is 14.6. The third-order valence-electron chi connectivity index (χ3n) is 6.72. The molecule has 1 atom stereocenters. The number of aromatic nitrogens is 1. The van der Waals surface area contributed by atoms with E-state index < -0.39 is 19.9 Å². The van der Waals surface area contributed by atoms with Crippen LogP contribution in [0.3, 0.4) is 0 Å². The van der Waals surface area contributed by atoms with Gasteiger partial charge in [-0.3, -0.25) is 9.69 Å². The topological polar surface area (TPSA) is 121 Å². The third-order valence-corrected chi connectivity index (χ3v) is 10.6. The fourth-order valence-electron chi connectivity index (χ4n) is 4.94. The molecular weight excluding hydrogens is 444 g/mol. The van der Waals surface area contributed by atoms with Gasteiger partial charge < -0.3 is 9.42 Å². The molecule has 3 aliphatic heterocycles. The van der Waals surface area contributed by atoms with Crippen LogP contribution in [0.2, 0.25) is 0 Å². The molecule has 0 N–H and O–H groups in total. The maximum Gasteiger partial charge on any atom is 0.248 e. The van der Waals surface area contributed by atoms with Gasteiger partial charge in [0.05, 0.1) is 11.5 Å². The Morgan fingerprint density at radius 3 is 2.19 bits per heavy atom.